The van der Waals surface area contributed by atoms with Gasteiger partial charge in [0.15, 0.2) is 0 Å². The van der Waals surface area contributed by atoms with Crippen LogP contribution in [-0.2, 0) is 23.1 Å². The molecule has 0 bridgehead atoms. The summed E-state index contributed by atoms with van der Waals surface area (Å²) in [6.45, 7) is 8.67. The van der Waals surface area contributed by atoms with Crippen molar-refractivity contribution in [2.75, 3.05) is 6.61 Å². The largest absolute Gasteiger partial charge is 0.489 e. The third-order valence-corrected chi connectivity index (χ3v) is 5.98. The van der Waals surface area contributed by atoms with E-state index in [1.807, 2.05) is 13.0 Å². The average molecular weight is 474 g/mol. The highest BCUT2D eigenvalue weighted by Gasteiger charge is 2.28. The van der Waals surface area contributed by atoms with E-state index in [2.05, 4.69) is 41.4 Å². The standard InChI is InChI=1S/C24H35N5O5/c1-15-20(34-17-8-6-7-16(13-17)22(30)31)10-9-18(26-15)21-19(29(5)28-27-21)14-25-23(32)33-12-11-24(2,3)4/h9-10,16-17H,6-8,11-14H2,1-5H3,(H,25,32)(H,30,31)/t16?,17-/m0/s1. The van der Waals surface area contributed by atoms with E-state index in [4.69, 9.17) is 9.47 Å². The Hall–Kier alpha value is -3.17. The molecule has 2 aromatic rings. The molecule has 10 nitrogen and oxygen atoms in total. The predicted octanol–water partition coefficient (Wildman–Crippen LogP) is 3.87. The van der Waals surface area contributed by atoms with E-state index in [1.165, 1.54) is 0 Å². The Morgan fingerprint density at radius 3 is 2.71 bits per heavy atom. The fourth-order valence-electron chi connectivity index (χ4n) is 3.89. The molecule has 1 aliphatic carbocycles. The highest BCUT2D eigenvalue weighted by Crippen LogP contribution is 2.30. The molecule has 34 heavy (non-hydrogen) atoms. The minimum Gasteiger partial charge on any atom is -0.489 e. The number of hydrogen-bond donors (Lipinski definition) is 2. The normalized spacial score (nSPS) is 18.4. The Morgan fingerprint density at radius 2 is 2.03 bits per heavy atom. The second-order valence-electron chi connectivity index (χ2n) is 10.0. The number of aromatic nitrogens is 4. The van der Waals surface area contributed by atoms with Crippen molar-refractivity contribution in [3.63, 3.8) is 0 Å². The van der Waals surface area contributed by atoms with Crippen molar-refractivity contribution in [2.24, 2.45) is 18.4 Å². The van der Waals surface area contributed by atoms with Gasteiger partial charge in [-0.2, -0.15) is 0 Å². The number of amides is 1. The maximum Gasteiger partial charge on any atom is 0.407 e. The maximum atomic E-state index is 12.1. The molecule has 3 rings (SSSR count). The Balaban J connectivity index is 1.64. The number of carbonyl (C=O) groups excluding carboxylic acids is 1. The molecule has 2 aromatic heterocycles. The zero-order valence-corrected chi connectivity index (χ0v) is 20.6. The van der Waals surface area contributed by atoms with Gasteiger partial charge in [-0.15, -0.1) is 5.10 Å². The number of rotatable bonds is 8. The molecule has 0 aliphatic heterocycles. The monoisotopic (exact) mass is 473 g/mol. The highest BCUT2D eigenvalue weighted by atomic mass is 16.5. The van der Waals surface area contributed by atoms with Crippen LogP contribution >= 0.6 is 0 Å². The van der Waals surface area contributed by atoms with E-state index in [1.54, 1.807) is 17.8 Å². The molecule has 0 spiro atoms. The second kappa shape index (κ2) is 10.8. The van der Waals surface area contributed by atoms with Gasteiger partial charge in [0.1, 0.15) is 11.4 Å². The first kappa shape index (κ1) is 25.5. The molecule has 186 valence electrons. The lowest BCUT2D eigenvalue weighted by atomic mass is 9.87. The van der Waals surface area contributed by atoms with Gasteiger partial charge in [-0.05, 0) is 56.6 Å². The van der Waals surface area contributed by atoms with Crippen LogP contribution < -0.4 is 10.1 Å². The SMILES string of the molecule is Cc1nc(-c2nnn(C)c2CNC(=O)OCCC(C)(C)C)ccc1O[C@H]1CCCC(C(=O)O)C1. The second-order valence-corrected chi connectivity index (χ2v) is 10.0. The number of hydrogen-bond acceptors (Lipinski definition) is 7. The molecule has 2 heterocycles. The van der Waals surface area contributed by atoms with Gasteiger partial charge in [0, 0.05) is 7.05 Å². The van der Waals surface area contributed by atoms with Crippen LogP contribution in [0.5, 0.6) is 5.75 Å². The molecule has 1 amide bonds. The highest BCUT2D eigenvalue weighted by molar-refractivity contribution is 5.70. The van der Waals surface area contributed by atoms with Gasteiger partial charge in [-0.25, -0.2) is 14.5 Å². The summed E-state index contributed by atoms with van der Waals surface area (Å²) in [7, 11) is 1.75. The summed E-state index contributed by atoms with van der Waals surface area (Å²) < 4.78 is 13.0. The van der Waals surface area contributed by atoms with Crippen molar-refractivity contribution in [1.29, 1.82) is 0 Å². The zero-order chi connectivity index (χ0) is 24.9. The molecule has 1 fully saturated rings. The Morgan fingerprint density at radius 1 is 1.26 bits per heavy atom. The van der Waals surface area contributed by atoms with Gasteiger partial charge in [-0.1, -0.05) is 26.0 Å². The number of carbonyl (C=O) groups is 2. The summed E-state index contributed by atoms with van der Waals surface area (Å²) >= 11 is 0. The molecule has 10 heteroatoms. The smallest absolute Gasteiger partial charge is 0.407 e. The Kier molecular flexibility index (Phi) is 8.11. The molecule has 1 saturated carbocycles. The van der Waals surface area contributed by atoms with E-state index >= 15 is 0 Å². The van der Waals surface area contributed by atoms with Crippen LogP contribution in [0.2, 0.25) is 0 Å². The third-order valence-electron chi connectivity index (χ3n) is 5.98. The quantitative estimate of drug-likeness (QED) is 0.591. The van der Waals surface area contributed by atoms with E-state index < -0.39 is 12.1 Å². The third kappa shape index (κ3) is 6.91. The molecule has 2 atom stereocenters. The fraction of sp³-hybridized carbons (Fsp3) is 0.625. The summed E-state index contributed by atoms with van der Waals surface area (Å²) in [5, 5.41) is 20.4. The molecular formula is C24H35N5O5. The van der Waals surface area contributed by atoms with Gasteiger partial charge in [0.2, 0.25) is 0 Å². The summed E-state index contributed by atoms with van der Waals surface area (Å²) in [4.78, 5) is 28.0. The molecular weight excluding hydrogens is 438 g/mol. The minimum absolute atomic E-state index is 0.0910. The van der Waals surface area contributed by atoms with Crippen molar-refractivity contribution < 1.29 is 24.2 Å². The lowest BCUT2D eigenvalue weighted by Gasteiger charge is -2.27. The molecule has 2 N–H and O–H groups in total. The first-order valence-corrected chi connectivity index (χ1v) is 11.7. The lowest BCUT2D eigenvalue weighted by molar-refractivity contribution is -0.143. The van der Waals surface area contributed by atoms with Crippen LogP contribution in [0.3, 0.4) is 0 Å². The predicted molar refractivity (Wildman–Crippen MR) is 125 cm³/mol. The molecule has 0 radical (unpaired) electrons. The zero-order valence-electron chi connectivity index (χ0n) is 20.6. The molecule has 1 aliphatic rings. The van der Waals surface area contributed by atoms with Gasteiger partial charge in [0.05, 0.1) is 42.3 Å². The number of ether oxygens (including phenoxy) is 2. The van der Waals surface area contributed by atoms with Gasteiger partial charge < -0.3 is 19.9 Å². The number of carboxylic acids is 1. The number of aliphatic carboxylic acids is 1. The first-order chi connectivity index (χ1) is 16.0. The molecule has 0 aromatic carbocycles. The lowest BCUT2D eigenvalue weighted by Crippen LogP contribution is -2.29. The molecule has 0 saturated heterocycles. The van der Waals surface area contributed by atoms with E-state index in [0.717, 1.165) is 19.3 Å². The average Bonchev–Trinajstić information content (AvgIpc) is 3.13. The van der Waals surface area contributed by atoms with Crippen LogP contribution in [0.15, 0.2) is 12.1 Å². The number of alkyl carbamates (subject to hydrolysis) is 1. The van der Waals surface area contributed by atoms with Crippen molar-refractivity contribution in [2.45, 2.75) is 72.4 Å². The summed E-state index contributed by atoms with van der Waals surface area (Å²) in [5.74, 6) is -0.493. The van der Waals surface area contributed by atoms with E-state index in [0.29, 0.717) is 48.0 Å². The van der Waals surface area contributed by atoms with E-state index in [-0.39, 0.29) is 24.0 Å². The molecule has 1 unspecified atom stereocenters. The van der Waals surface area contributed by atoms with Crippen molar-refractivity contribution in [3.05, 3.63) is 23.5 Å². The van der Waals surface area contributed by atoms with Crippen molar-refractivity contribution in [1.82, 2.24) is 25.3 Å². The van der Waals surface area contributed by atoms with Crippen LogP contribution in [0.4, 0.5) is 4.79 Å². The topological polar surface area (TPSA) is 128 Å². The number of aryl methyl sites for hydroxylation is 2. The Labute approximate surface area is 200 Å². The van der Waals surface area contributed by atoms with Gasteiger partial charge in [0.25, 0.3) is 0 Å². The number of nitrogens with one attached hydrogen (secondary N) is 1. The maximum absolute atomic E-state index is 12.1. The number of nitrogens with zero attached hydrogens (tertiary/aromatic N) is 4. The minimum atomic E-state index is -0.764. The number of carboxylic acid groups (broad SMARTS) is 1. The summed E-state index contributed by atoms with van der Waals surface area (Å²) in [5.41, 5.74) is 2.65. The van der Waals surface area contributed by atoms with Crippen molar-refractivity contribution in [3.8, 4) is 17.1 Å². The van der Waals surface area contributed by atoms with Crippen LogP contribution in [0.25, 0.3) is 11.4 Å². The van der Waals surface area contributed by atoms with Gasteiger partial charge in [-0.3, -0.25) is 4.79 Å². The first-order valence-electron chi connectivity index (χ1n) is 11.7. The number of pyridine rings is 1. The van der Waals surface area contributed by atoms with E-state index in [9.17, 15) is 14.7 Å². The van der Waals surface area contributed by atoms with Crippen LogP contribution in [0.1, 0.15) is 64.3 Å². The van der Waals surface area contributed by atoms with Crippen molar-refractivity contribution >= 4 is 12.1 Å². The van der Waals surface area contributed by atoms with Crippen LogP contribution in [-0.4, -0.2) is 49.9 Å². The summed E-state index contributed by atoms with van der Waals surface area (Å²) in [6.07, 6.45) is 3.01. The Bertz CT molecular complexity index is 1010. The van der Waals surface area contributed by atoms with Gasteiger partial charge >= 0.3 is 12.1 Å². The summed E-state index contributed by atoms with van der Waals surface area (Å²) in [6, 6.07) is 3.63. The fourth-order valence-corrected chi connectivity index (χ4v) is 3.89. The van der Waals surface area contributed by atoms with Crippen LogP contribution in [0, 0.1) is 18.3 Å².